The Morgan fingerprint density at radius 1 is 1.25 bits per heavy atom. The minimum absolute atomic E-state index is 0.129. The minimum atomic E-state index is 0.129. The van der Waals surface area contributed by atoms with E-state index in [1.807, 2.05) is 29.7 Å². The molecule has 2 aliphatic rings. The maximum atomic E-state index is 5.78. The van der Waals surface area contributed by atoms with Gasteiger partial charge in [0.2, 0.25) is 5.90 Å². The molecule has 5 rings (SSSR count). The lowest BCUT2D eigenvalue weighted by atomic mass is 10.1. The lowest BCUT2D eigenvalue weighted by Gasteiger charge is -2.10. The number of ether oxygens (including phenoxy) is 3. The molecule has 1 atom stereocenters. The van der Waals surface area contributed by atoms with Crippen molar-refractivity contribution in [2.45, 2.75) is 26.1 Å². The van der Waals surface area contributed by atoms with E-state index in [1.165, 1.54) is 0 Å². The average Bonchev–Trinajstić information content (AvgIpc) is 3.40. The van der Waals surface area contributed by atoms with Gasteiger partial charge in [-0.3, -0.25) is 4.57 Å². The summed E-state index contributed by atoms with van der Waals surface area (Å²) in [4.78, 5) is 9.21. The summed E-state index contributed by atoms with van der Waals surface area (Å²) in [7, 11) is 3.30. The molecule has 4 heterocycles. The van der Waals surface area contributed by atoms with Crippen LogP contribution in [0.5, 0.6) is 5.75 Å². The highest BCUT2D eigenvalue weighted by Gasteiger charge is 2.29. The van der Waals surface area contributed by atoms with Crippen LogP contribution in [0.4, 0.5) is 0 Å². The molecule has 1 aromatic carbocycles. The molecule has 144 valence electrons. The van der Waals surface area contributed by atoms with Crippen LogP contribution in [0.1, 0.15) is 24.1 Å². The zero-order chi connectivity index (χ0) is 19.3. The Balaban J connectivity index is 1.75. The molecule has 0 bridgehead atoms. The Morgan fingerprint density at radius 2 is 2.14 bits per heavy atom. The Hall–Kier alpha value is -3.20. The molecule has 0 fully saturated rings. The fourth-order valence-corrected chi connectivity index (χ4v) is 3.63. The molecule has 9 heteroatoms. The molecular weight excluding hydrogens is 360 g/mol. The van der Waals surface area contributed by atoms with Crippen LogP contribution in [0.2, 0.25) is 0 Å². The van der Waals surface area contributed by atoms with Crippen LogP contribution in [0, 0.1) is 0 Å². The lowest BCUT2D eigenvalue weighted by molar-refractivity contribution is 0.174. The Morgan fingerprint density at radius 3 is 2.89 bits per heavy atom. The van der Waals surface area contributed by atoms with Gasteiger partial charge in [-0.05, 0) is 25.1 Å². The predicted octanol–water partition coefficient (Wildman–Crippen LogP) is 1.81. The fraction of sp³-hybridized carbons (Fsp3) is 0.368. The van der Waals surface area contributed by atoms with Crippen molar-refractivity contribution in [2.24, 2.45) is 4.99 Å². The number of fused-ring (bicyclic) bond motifs is 5. The van der Waals surface area contributed by atoms with Gasteiger partial charge in [0.1, 0.15) is 31.0 Å². The van der Waals surface area contributed by atoms with Crippen molar-refractivity contribution in [1.29, 1.82) is 0 Å². The average molecular weight is 380 g/mol. The van der Waals surface area contributed by atoms with Crippen LogP contribution in [-0.4, -0.2) is 57.1 Å². The van der Waals surface area contributed by atoms with Crippen LogP contribution in [0.3, 0.4) is 0 Å². The number of hydrogen-bond acceptors (Lipinski definition) is 7. The number of nitrogens with zero attached hydrogens (tertiary/aromatic N) is 6. The summed E-state index contributed by atoms with van der Waals surface area (Å²) in [5.74, 6) is 2.84. The third-order valence-electron chi connectivity index (χ3n) is 4.98. The number of methoxy groups -OCH3 is 2. The molecule has 0 amide bonds. The van der Waals surface area contributed by atoms with E-state index in [1.54, 1.807) is 20.5 Å². The third-order valence-corrected chi connectivity index (χ3v) is 4.98. The number of aromatic nitrogens is 5. The number of hydrogen-bond donors (Lipinski definition) is 0. The van der Waals surface area contributed by atoms with E-state index in [4.69, 9.17) is 14.2 Å². The maximum absolute atomic E-state index is 5.78. The van der Waals surface area contributed by atoms with Gasteiger partial charge in [-0.2, -0.15) is 0 Å². The Bertz CT molecular complexity index is 1080. The molecule has 0 saturated carbocycles. The van der Waals surface area contributed by atoms with E-state index < -0.39 is 0 Å². The smallest absolute Gasteiger partial charge is 0.237 e. The normalized spacial score (nSPS) is 17.2. The van der Waals surface area contributed by atoms with Crippen LogP contribution >= 0.6 is 0 Å². The second-order valence-electron chi connectivity index (χ2n) is 6.85. The van der Waals surface area contributed by atoms with E-state index >= 15 is 0 Å². The highest BCUT2D eigenvalue weighted by Crippen LogP contribution is 2.35. The number of aliphatic imine (C=N–C) groups is 1. The zero-order valence-electron chi connectivity index (χ0n) is 15.9. The molecule has 28 heavy (non-hydrogen) atoms. The number of benzene rings is 1. The Kier molecular flexibility index (Phi) is 3.90. The first-order valence-electron chi connectivity index (χ1n) is 9.06. The van der Waals surface area contributed by atoms with Crippen molar-refractivity contribution < 1.29 is 14.2 Å². The van der Waals surface area contributed by atoms with Crippen molar-refractivity contribution in [1.82, 2.24) is 24.3 Å². The van der Waals surface area contributed by atoms with Crippen LogP contribution in [0.25, 0.3) is 17.1 Å². The summed E-state index contributed by atoms with van der Waals surface area (Å²) in [6.45, 7) is 3.49. The van der Waals surface area contributed by atoms with Crippen molar-refractivity contribution >= 4 is 5.90 Å². The molecular formula is C19H20N6O3. The first kappa shape index (κ1) is 16.9. The van der Waals surface area contributed by atoms with E-state index in [-0.39, 0.29) is 6.04 Å². The second-order valence-corrected chi connectivity index (χ2v) is 6.85. The van der Waals surface area contributed by atoms with Crippen LogP contribution < -0.4 is 4.74 Å². The van der Waals surface area contributed by atoms with Gasteiger partial charge in [0.15, 0.2) is 11.6 Å². The van der Waals surface area contributed by atoms with E-state index in [2.05, 4.69) is 24.7 Å². The van der Waals surface area contributed by atoms with Gasteiger partial charge in [-0.15, -0.1) is 10.2 Å². The molecule has 9 nitrogen and oxygen atoms in total. The highest BCUT2D eigenvalue weighted by molar-refractivity contribution is 5.94. The quantitative estimate of drug-likeness (QED) is 0.537. The zero-order valence-corrected chi connectivity index (χ0v) is 15.9. The maximum Gasteiger partial charge on any atom is 0.237 e. The molecule has 0 spiro atoms. The van der Waals surface area contributed by atoms with E-state index in [9.17, 15) is 0 Å². The van der Waals surface area contributed by atoms with Gasteiger partial charge in [-0.1, -0.05) is 0 Å². The van der Waals surface area contributed by atoms with E-state index in [0.29, 0.717) is 25.7 Å². The third kappa shape index (κ3) is 2.50. The van der Waals surface area contributed by atoms with Gasteiger partial charge in [0.05, 0.1) is 31.1 Å². The van der Waals surface area contributed by atoms with Crippen molar-refractivity contribution in [3.8, 4) is 22.8 Å². The summed E-state index contributed by atoms with van der Waals surface area (Å²) in [6, 6.07) is 6.02. The summed E-state index contributed by atoms with van der Waals surface area (Å²) in [6.07, 6.45) is 1.81. The summed E-state index contributed by atoms with van der Waals surface area (Å²) >= 11 is 0. The molecule has 0 saturated heterocycles. The van der Waals surface area contributed by atoms with Gasteiger partial charge >= 0.3 is 0 Å². The fourth-order valence-electron chi connectivity index (χ4n) is 3.63. The molecule has 0 unspecified atom stereocenters. The second kappa shape index (κ2) is 6.45. The number of rotatable bonds is 4. The van der Waals surface area contributed by atoms with Gasteiger partial charge in [0.25, 0.3) is 0 Å². The first-order chi connectivity index (χ1) is 13.7. The van der Waals surface area contributed by atoms with E-state index in [0.717, 1.165) is 40.0 Å². The first-order valence-corrected chi connectivity index (χ1v) is 9.06. The van der Waals surface area contributed by atoms with Crippen molar-refractivity contribution in [3.63, 3.8) is 0 Å². The molecule has 2 aliphatic heterocycles. The molecule has 0 radical (unpaired) electrons. The highest BCUT2D eigenvalue weighted by atomic mass is 16.5. The van der Waals surface area contributed by atoms with Gasteiger partial charge in [0, 0.05) is 12.7 Å². The molecule has 2 aromatic heterocycles. The SMILES string of the molecule is COCc1nnc2n1Cc1c(C3=N[C@@H](C)CO3)ncn1-c1ccc(OC)cc1-2. The predicted molar refractivity (Wildman–Crippen MR) is 101 cm³/mol. The standard InChI is InChI=1S/C19H20N6O3/c1-11-8-28-19(21-11)17-15-7-24-16(9-26-2)22-23-18(24)13-6-12(27-3)4-5-14(13)25(15)10-20-17/h4-6,10-11H,7-9H2,1-3H3/t11-/m0/s1. The van der Waals surface area contributed by atoms with Gasteiger partial charge < -0.3 is 18.8 Å². The summed E-state index contributed by atoms with van der Waals surface area (Å²) < 4.78 is 20.6. The van der Waals surface area contributed by atoms with Crippen LogP contribution in [0.15, 0.2) is 29.5 Å². The monoisotopic (exact) mass is 380 g/mol. The summed E-state index contributed by atoms with van der Waals surface area (Å²) in [5.41, 5.74) is 3.59. The van der Waals surface area contributed by atoms with Crippen molar-refractivity contribution in [3.05, 3.63) is 41.7 Å². The minimum Gasteiger partial charge on any atom is -0.497 e. The topological polar surface area (TPSA) is 88.6 Å². The summed E-state index contributed by atoms with van der Waals surface area (Å²) in [5, 5.41) is 8.77. The van der Waals surface area contributed by atoms with Gasteiger partial charge in [-0.25, -0.2) is 9.98 Å². The lowest BCUT2D eigenvalue weighted by Crippen LogP contribution is -2.13. The number of imidazole rings is 1. The molecule has 0 aliphatic carbocycles. The Labute approximate surface area is 161 Å². The molecule has 3 aromatic rings. The van der Waals surface area contributed by atoms with Crippen LogP contribution in [-0.2, 0) is 22.6 Å². The molecule has 0 N–H and O–H groups in total. The largest absolute Gasteiger partial charge is 0.497 e. The van der Waals surface area contributed by atoms with Crippen molar-refractivity contribution in [2.75, 3.05) is 20.8 Å².